The number of rotatable bonds is 5. The fourth-order valence-electron chi connectivity index (χ4n) is 2.56. The van der Waals surface area contributed by atoms with Crippen molar-refractivity contribution in [1.29, 1.82) is 0 Å². The maximum absolute atomic E-state index is 11.1. The van der Waals surface area contributed by atoms with Crippen LogP contribution in [0.5, 0.6) is 0 Å². The monoisotopic (exact) mass is 381 g/mol. The first-order chi connectivity index (χ1) is 12.9. The highest BCUT2D eigenvalue weighted by molar-refractivity contribution is 6.30. The lowest BCUT2D eigenvalue weighted by molar-refractivity contribution is -0.114. The number of nitrogens with zero attached hydrogens (tertiary/aromatic N) is 2. The molecule has 0 unspecified atom stereocenters. The largest absolute Gasteiger partial charge is 0.340 e. The highest BCUT2D eigenvalue weighted by atomic mass is 35.5. The van der Waals surface area contributed by atoms with Crippen LogP contribution in [0.4, 0.5) is 28.8 Å². The third-order valence-corrected chi connectivity index (χ3v) is 4.00. The van der Waals surface area contributed by atoms with Gasteiger partial charge < -0.3 is 16.0 Å². The Kier molecular flexibility index (Phi) is 5.57. The average Bonchev–Trinajstić information content (AvgIpc) is 2.58. The molecule has 1 heterocycles. The van der Waals surface area contributed by atoms with E-state index in [2.05, 4.69) is 25.9 Å². The third-order valence-electron chi connectivity index (χ3n) is 3.77. The Morgan fingerprint density at radius 1 is 0.926 bits per heavy atom. The highest BCUT2D eigenvalue weighted by Crippen LogP contribution is 2.24. The number of halogens is 1. The van der Waals surface area contributed by atoms with Gasteiger partial charge in [0.25, 0.3) is 0 Å². The van der Waals surface area contributed by atoms with E-state index in [0.717, 1.165) is 28.3 Å². The van der Waals surface area contributed by atoms with Gasteiger partial charge in [0.05, 0.1) is 0 Å². The molecule has 0 atom stereocenters. The van der Waals surface area contributed by atoms with Crippen molar-refractivity contribution < 1.29 is 4.79 Å². The Morgan fingerprint density at radius 2 is 1.63 bits per heavy atom. The summed E-state index contributed by atoms with van der Waals surface area (Å²) in [6, 6.07) is 14.9. The van der Waals surface area contributed by atoms with Gasteiger partial charge in [-0.25, -0.2) is 4.98 Å². The van der Waals surface area contributed by atoms with Crippen LogP contribution < -0.4 is 16.0 Å². The van der Waals surface area contributed by atoms with E-state index in [-0.39, 0.29) is 5.91 Å². The van der Waals surface area contributed by atoms with Crippen molar-refractivity contribution in [3.05, 3.63) is 64.8 Å². The number of aromatic nitrogens is 2. The smallest absolute Gasteiger partial charge is 0.229 e. The second-order valence-corrected chi connectivity index (χ2v) is 6.62. The van der Waals surface area contributed by atoms with E-state index in [1.807, 2.05) is 62.4 Å². The zero-order chi connectivity index (χ0) is 19.4. The van der Waals surface area contributed by atoms with Crippen LogP contribution in [0, 0.1) is 13.8 Å². The van der Waals surface area contributed by atoms with E-state index in [0.29, 0.717) is 16.8 Å². The molecule has 138 valence electrons. The molecule has 3 rings (SSSR count). The Labute approximate surface area is 163 Å². The van der Waals surface area contributed by atoms with Gasteiger partial charge in [0, 0.05) is 40.8 Å². The lowest BCUT2D eigenvalue weighted by Crippen LogP contribution is -2.05. The molecule has 2 aromatic carbocycles. The topological polar surface area (TPSA) is 78.9 Å². The fourth-order valence-corrected chi connectivity index (χ4v) is 2.79. The van der Waals surface area contributed by atoms with Crippen LogP contribution in [0.2, 0.25) is 5.02 Å². The van der Waals surface area contributed by atoms with Crippen LogP contribution in [-0.2, 0) is 4.79 Å². The summed E-state index contributed by atoms with van der Waals surface area (Å²) in [5.41, 5.74) is 4.34. The van der Waals surface area contributed by atoms with E-state index in [1.54, 1.807) is 0 Å². The third kappa shape index (κ3) is 5.18. The average molecular weight is 382 g/mol. The van der Waals surface area contributed by atoms with Gasteiger partial charge in [-0.1, -0.05) is 11.6 Å². The fraction of sp³-hybridized carbons (Fsp3) is 0.150. The maximum Gasteiger partial charge on any atom is 0.229 e. The SMILES string of the molecule is CC(=O)Nc1ccc(Nc2cc(C)nc(Nc3ccc(Cl)cc3C)n2)cc1. The van der Waals surface area contributed by atoms with E-state index < -0.39 is 0 Å². The first-order valence-corrected chi connectivity index (χ1v) is 8.80. The number of benzene rings is 2. The molecule has 0 spiro atoms. The number of amides is 1. The van der Waals surface area contributed by atoms with E-state index in [9.17, 15) is 4.79 Å². The normalized spacial score (nSPS) is 10.4. The molecule has 0 aliphatic heterocycles. The van der Waals surface area contributed by atoms with Gasteiger partial charge >= 0.3 is 0 Å². The van der Waals surface area contributed by atoms with Crippen molar-refractivity contribution in [3.63, 3.8) is 0 Å². The zero-order valence-corrected chi connectivity index (χ0v) is 16.1. The number of carbonyl (C=O) groups excluding carboxylic acids is 1. The van der Waals surface area contributed by atoms with Crippen molar-refractivity contribution >= 4 is 46.3 Å². The predicted octanol–water partition coefficient (Wildman–Crippen LogP) is 5.19. The second-order valence-electron chi connectivity index (χ2n) is 6.19. The minimum atomic E-state index is -0.102. The molecule has 6 nitrogen and oxygen atoms in total. The zero-order valence-electron chi connectivity index (χ0n) is 15.3. The summed E-state index contributed by atoms with van der Waals surface area (Å²) >= 11 is 6.01. The van der Waals surface area contributed by atoms with Gasteiger partial charge in [0.1, 0.15) is 5.82 Å². The Hall–Kier alpha value is -3.12. The summed E-state index contributed by atoms with van der Waals surface area (Å²) in [6.07, 6.45) is 0. The van der Waals surface area contributed by atoms with Gasteiger partial charge in [0.15, 0.2) is 0 Å². The molecule has 0 saturated heterocycles. The van der Waals surface area contributed by atoms with Crippen LogP contribution in [0.15, 0.2) is 48.5 Å². The molecule has 3 N–H and O–H groups in total. The van der Waals surface area contributed by atoms with Crippen LogP contribution in [0.25, 0.3) is 0 Å². The summed E-state index contributed by atoms with van der Waals surface area (Å²) < 4.78 is 0. The Balaban J connectivity index is 1.77. The summed E-state index contributed by atoms with van der Waals surface area (Å²) in [4.78, 5) is 20.1. The molecular weight excluding hydrogens is 362 g/mol. The predicted molar refractivity (Wildman–Crippen MR) is 110 cm³/mol. The molecule has 0 fully saturated rings. The van der Waals surface area contributed by atoms with E-state index >= 15 is 0 Å². The number of hydrogen-bond donors (Lipinski definition) is 3. The van der Waals surface area contributed by atoms with Crippen LogP contribution in [0.1, 0.15) is 18.2 Å². The summed E-state index contributed by atoms with van der Waals surface area (Å²) in [6.45, 7) is 5.36. The van der Waals surface area contributed by atoms with Crippen LogP contribution in [0.3, 0.4) is 0 Å². The van der Waals surface area contributed by atoms with Gasteiger partial charge in [-0.15, -0.1) is 0 Å². The van der Waals surface area contributed by atoms with E-state index in [1.165, 1.54) is 6.92 Å². The summed E-state index contributed by atoms with van der Waals surface area (Å²) in [5.74, 6) is 1.07. The molecule has 0 radical (unpaired) electrons. The Morgan fingerprint density at radius 3 is 2.30 bits per heavy atom. The van der Waals surface area contributed by atoms with Gasteiger partial charge in [-0.3, -0.25) is 4.79 Å². The van der Waals surface area contributed by atoms with Gasteiger partial charge in [-0.05, 0) is 61.9 Å². The van der Waals surface area contributed by atoms with Gasteiger partial charge in [0.2, 0.25) is 11.9 Å². The summed E-state index contributed by atoms with van der Waals surface area (Å²) in [7, 11) is 0. The summed E-state index contributed by atoms with van der Waals surface area (Å²) in [5, 5.41) is 9.91. The molecular formula is C20H20ClN5O. The number of nitrogens with one attached hydrogen (secondary N) is 3. The molecule has 27 heavy (non-hydrogen) atoms. The standard InChI is InChI=1S/C20H20ClN5O/c1-12-10-15(21)4-9-18(12)25-20-22-13(2)11-19(26-20)24-17-7-5-16(6-8-17)23-14(3)27/h4-11H,1-3H3,(H,23,27)(H2,22,24,25,26). The second kappa shape index (κ2) is 8.05. The number of aryl methyl sites for hydroxylation is 2. The van der Waals surface area contributed by atoms with Crippen LogP contribution in [-0.4, -0.2) is 15.9 Å². The van der Waals surface area contributed by atoms with Crippen molar-refractivity contribution in [2.24, 2.45) is 0 Å². The molecule has 0 aliphatic rings. The minimum Gasteiger partial charge on any atom is -0.340 e. The lowest BCUT2D eigenvalue weighted by Gasteiger charge is -2.12. The molecule has 0 aliphatic carbocycles. The van der Waals surface area contributed by atoms with Crippen LogP contribution >= 0.6 is 11.6 Å². The maximum atomic E-state index is 11.1. The minimum absolute atomic E-state index is 0.102. The van der Waals surface area contributed by atoms with E-state index in [4.69, 9.17) is 11.6 Å². The quantitative estimate of drug-likeness (QED) is 0.566. The first-order valence-electron chi connectivity index (χ1n) is 8.42. The molecule has 0 bridgehead atoms. The lowest BCUT2D eigenvalue weighted by atomic mass is 10.2. The molecule has 0 saturated carbocycles. The highest BCUT2D eigenvalue weighted by Gasteiger charge is 2.06. The van der Waals surface area contributed by atoms with Crippen molar-refractivity contribution in [2.75, 3.05) is 16.0 Å². The first kappa shape index (κ1) is 18.7. The Bertz CT molecular complexity index is 973. The van der Waals surface area contributed by atoms with Crippen molar-refractivity contribution in [1.82, 2.24) is 9.97 Å². The number of carbonyl (C=O) groups is 1. The molecule has 1 aromatic heterocycles. The number of anilines is 5. The van der Waals surface area contributed by atoms with Crippen molar-refractivity contribution in [3.8, 4) is 0 Å². The molecule has 1 amide bonds. The van der Waals surface area contributed by atoms with Gasteiger partial charge in [-0.2, -0.15) is 4.98 Å². The number of hydrogen-bond acceptors (Lipinski definition) is 5. The molecule has 7 heteroatoms. The van der Waals surface area contributed by atoms with Crippen molar-refractivity contribution in [2.45, 2.75) is 20.8 Å². The molecule has 3 aromatic rings.